The normalized spacial score (nSPS) is 9.81. The van der Waals surface area contributed by atoms with Gasteiger partial charge < -0.3 is 11.1 Å². The molecule has 2 aromatic rings. The van der Waals surface area contributed by atoms with Gasteiger partial charge >= 0.3 is 0 Å². The van der Waals surface area contributed by atoms with E-state index in [1.165, 1.54) is 0 Å². The van der Waals surface area contributed by atoms with E-state index in [0.717, 1.165) is 11.1 Å². The molecule has 0 spiro atoms. The zero-order valence-corrected chi connectivity index (χ0v) is 11.8. The smallest absolute Gasteiger partial charge is 0.251 e. The van der Waals surface area contributed by atoms with E-state index >= 15 is 0 Å². The number of aromatic nitrogens is 3. The Hall–Kier alpha value is -2.65. The average Bonchev–Trinajstić information content (AvgIpc) is 2.99. The molecule has 0 radical (unpaired) electrons. The number of hydrogen-bond acceptors (Lipinski definition) is 4. The van der Waals surface area contributed by atoms with Gasteiger partial charge in [-0.2, -0.15) is 0 Å². The SMILES string of the molecule is Cc1cc(C(=O)NCCn2ccnn2)ccc1C#CCN. The van der Waals surface area contributed by atoms with E-state index in [9.17, 15) is 4.79 Å². The molecule has 0 atom stereocenters. The number of nitrogens with zero attached hydrogens (tertiary/aromatic N) is 3. The number of nitrogens with one attached hydrogen (secondary N) is 1. The van der Waals surface area contributed by atoms with Crippen molar-refractivity contribution in [2.24, 2.45) is 5.73 Å². The van der Waals surface area contributed by atoms with E-state index in [4.69, 9.17) is 5.73 Å². The van der Waals surface area contributed by atoms with Crippen LogP contribution in [0.15, 0.2) is 30.6 Å². The number of hydrogen-bond donors (Lipinski definition) is 2. The predicted molar refractivity (Wildman–Crippen MR) is 79.5 cm³/mol. The first kappa shape index (κ1) is 14.8. The van der Waals surface area contributed by atoms with Gasteiger partial charge in [0.15, 0.2) is 0 Å². The third kappa shape index (κ3) is 4.16. The molecular weight excluding hydrogens is 266 g/mol. The number of nitrogens with two attached hydrogens (primary N) is 1. The van der Waals surface area contributed by atoms with Gasteiger partial charge in [0, 0.05) is 23.9 Å². The summed E-state index contributed by atoms with van der Waals surface area (Å²) in [5.74, 6) is 5.67. The Labute approximate surface area is 123 Å². The summed E-state index contributed by atoms with van der Waals surface area (Å²) in [7, 11) is 0. The first-order valence-corrected chi connectivity index (χ1v) is 6.62. The van der Waals surface area contributed by atoms with E-state index < -0.39 is 0 Å². The third-order valence-corrected chi connectivity index (χ3v) is 2.91. The number of aryl methyl sites for hydroxylation is 1. The lowest BCUT2D eigenvalue weighted by atomic mass is 10.0. The first-order chi connectivity index (χ1) is 10.2. The maximum atomic E-state index is 12.0. The van der Waals surface area contributed by atoms with Crippen molar-refractivity contribution < 1.29 is 4.79 Å². The van der Waals surface area contributed by atoms with Crippen LogP contribution in [0.5, 0.6) is 0 Å². The first-order valence-electron chi connectivity index (χ1n) is 6.62. The maximum Gasteiger partial charge on any atom is 0.251 e. The van der Waals surface area contributed by atoms with Crippen LogP contribution in [0.3, 0.4) is 0 Å². The van der Waals surface area contributed by atoms with Crippen molar-refractivity contribution in [3.63, 3.8) is 0 Å². The van der Waals surface area contributed by atoms with Gasteiger partial charge in [-0.1, -0.05) is 17.1 Å². The van der Waals surface area contributed by atoms with Gasteiger partial charge in [-0.05, 0) is 30.7 Å². The van der Waals surface area contributed by atoms with E-state index in [-0.39, 0.29) is 5.91 Å². The standard InChI is InChI=1S/C15H17N5O/c1-12-11-14(5-4-13(12)3-2-6-16)15(21)17-7-9-20-10-8-18-19-20/h4-5,8,10-11H,6-7,9,16H2,1H3,(H,17,21). The lowest BCUT2D eigenvalue weighted by Gasteiger charge is -2.07. The average molecular weight is 283 g/mol. The van der Waals surface area contributed by atoms with E-state index in [2.05, 4.69) is 27.5 Å². The van der Waals surface area contributed by atoms with Gasteiger partial charge in [-0.15, -0.1) is 5.10 Å². The molecule has 1 amide bonds. The second-order valence-corrected chi connectivity index (χ2v) is 4.46. The van der Waals surface area contributed by atoms with Crippen molar-refractivity contribution in [2.45, 2.75) is 13.5 Å². The molecule has 0 aliphatic carbocycles. The highest BCUT2D eigenvalue weighted by molar-refractivity contribution is 5.94. The fourth-order valence-corrected chi connectivity index (χ4v) is 1.83. The summed E-state index contributed by atoms with van der Waals surface area (Å²) in [5.41, 5.74) is 7.81. The molecule has 0 aliphatic heterocycles. The molecule has 2 rings (SSSR count). The summed E-state index contributed by atoms with van der Waals surface area (Å²) < 4.78 is 1.66. The highest BCUT2D eigenvalue weighted by Crippen LogP contribution is 2.10. The molecule has 1 heterocycles. The van der Waals surface area contributed by atoms with Crippen LogP contribution < -0.4 is 11.1 Å². The van der Waals surface area contributed by atoms with E-state index in [1.807, 2.05) is 19.1 Å². The Bertz CT molecular complexity index is 667. The van der Waals surface area contributed by atoms with Gasteiger partial charge in [-0.3, -0.25) is 9.48 Å². The molecule has 0 fully saturated rings. The van der Waals surface area contributed by atoms with Gasteiger partial charge in [0.2, 0.25) is 0 Å². The van der Waals surface area contributed by atoms with Gasteiger partial charge in [0.05, 0.1) is 19.3 Å². The van der Waals surface area contributed by atoms with Crippen LogP contribution in [-0.4, -0.2) is 34.0 Å². The largest absolute Gasteiger partial charge is 0.350 e. The van der Waals surface area contributed by atoms with Crippen LogP contribution >= 0.6 is 0 Å². The van der Waals surface area contributed by atoms with Crippen LogP contribution in [-0.2, 0) is 6.54 Å². The molecule has 21 heavy (non-hydrogen) atoms. The van der Waals surface area contributed by atoms with Crippen molar-refractivity contribution in [2.75, 3.05) is 13.1 Å². The highest BCUT2D eigenvalue weighted by Gasteiger charge is 2.06. The number of rotatable bonds is 4. The Morgan fingerprint density at radius 1 is 1.48 bits per heavy atom. The van der Waals surface area contributed by atoms with Gasteiger partial charge in [0.25, 0.3) is 5.91 Å². The monoisotopic (exact) mass is 283 g/mol. The molecule has 6 heteroatoms. The molecule has 0 aliphatic rings. The van der Waals surface area contributed by atoms with Crippen molar-refractivity contribution in [3.8, 4) is 11.8 Å². The lowest BCUT2D eigenvalue weighted by Crippen LogP contribution is -2.27. The Balaban J connectivity index is 1.94. The van der Waals surface area contributed by atoms with Crippen molar-refractivity contribution in [1.82, 2.24) is 20.3 Å². The maximum absolute atomic E-state index is 12.0. The van der Waals surface area contributed by atoms with Gasteiger partial charge in [-0.25, -0.2) is 0 Å². The molecule has 0 saturated heterocycles. The Morgan fingerprint density at radius 2 is 2.33 bits per heavy atom. The number of amides is 1. The molecule has 0 unspecified atom stereocenters. The molecule has 6 nitrogen and oxygen atoms in total. The molecular formula is C15H17N5O. The topological polar surface area (TPSA) is 85.8 Å². The second-order valence-electron chi connectivity index (χ2n) is 4.46. The van der Waals surface area contributed by atoms with E-state index in [0.29, 0.717) is 25.2 Å². The second kappa shape index (κ2) is 7.22. The van der Waals surface area contributed by atoms with Crippen LogP contribution in [0, 0.1) is 18.8 Å². The Morgan fingerprint density at radius 3 is 3.00 bits per heavy atom. The van der Waals surface area contributed by atoms with Crippen molar-refractivity contribution in [3.05, 3.63) is 47.3 Å². The molecule has 108 valence electrons. The summed E-state index contributed by atoms with van der Waals surface area (Å²) in [5, 5.41) is 10.4. The fraction of sp³-hybridized carbons (Fsp3) is 0.267. The third-order valence-electron chi connectivity index (χ3n) is 2.91. The predicted octanol–water partition coefficient (Wildman–Crippen LogP) is 0.327. The number of carbonyl (C=O) groups excluding carboxylic acids is 1. The molecule has 3 N–H and O–H groups in total. The number of benzene rings is 1. The zero-order valence-electron chi connectivity index (χ0n) is 11.8. The molecule has 1 aromatic carbocycles. The van der Waals surface area contributed by atoms with Crippen molar-refractivity contribution in [1.29, 1.82) is 0 Å². The summed E-state index contributed by atoms with van der Waals surface area (Å²) in [6.07, 6.45) is 3.35. The molecule has 0 saturated carbocycles. The molecule has 1 aromatic heterocycles. The zero-order chi connectivity index (χ0) is 15.1. The Kier molecular flexibility index (Phi) is 5.07. The molecule has 0 bridgehead atoms. The summed E-state index contributed by atoms with van der Waals surface area (Å²) in [6.45, 7) is 3.33. The minimum atomic E-state index is -0.114. The summed E-state index contributed by atoms with van der Waals surface area (Å²) in [6, 6.07) is 5.42. The summed E-state index contributed by atoms with van der Waals surface area (Å²) >= 11 is 0. The summed E-state index contributed by atoms with van der Waals surface area (Å²) in [4.78, 5) is 12.0. The van der Waals surface area contributed by atoms with Crippen LogP contribution in [0.1, 0.15) is 21.5 Å². The van der Waals surface area contributed by atoms with Crippen LogP contribution in [0.25, 0.3) is 0 Å². The van der Waals surface area contributed by atoms with Gasteiger partial charge in [0.1, 0.15) is 0 Å². The van der Waals surface area contributed by atoms with Crippen LogP contribution in [0.2, 0.25) is 0 Å². The lowest BCUT2D eigenvalue weighted by molar-refractivity contribution is 0.0952. The van der Waals surface area contributed by atoms with E-state index in [1.54, 1.807) is 23.1 Å². The van der Waals surface area contributed by atoms with Crippen LogP contribution in [0.4, 0.5) is 0 Å². The minimum Gasteiger partial charge on any atom is -0.350 e. The minimum absolute atomic E-state index is 0.114. The van der Waals surface area contributed by atoms with Crippen molar-refractivity contribution >= 4 is 5.91 Å². The highest BCUT2D eigenvalue weighted by atomic mass is 16.1. The fourth-order valence-electron chi connectivity index (χ4n) is 1.83. The number of carbonyl (C=O) groups is 1. The quantitative estimate of drug-likeness (QED) is 0.792.